The fourth-order valence-electron chi connectivity index (χ4n) is 0.299. The van der Waals surface area contributed by atoms with Crippen molar-refractivity contribution >= 4 is 0 Å². The van der Waals surface area contributed by atoms with Gasteiger partial charge in [0.15, 0.2) is 0 Å². The molecule has 1 atom stereocenters. The van der Waals surface area contributed by atoms with Gasteiger partial charge in [-0.15, -0.1) is 10.1 Å². The molecular weight excluding hydrogens is 184 g/mol. The Morgan fingerprint density at radius 2 is 1.69 bits per heavy atom. The molecule has 0 amide bonds. The van der Waals surface area contributed by atoms with Gasteiger partial charge in [-0.3, -0.25) is 10.1 Å². The first-order valence-electron chi connectivity index (χ1n) is 3.38. The van der Waals surface area contributed by atoms with Crippen LogP contribution >= 0.6 is 0 Å². The van der Waals surface area contributed by atoms with E-state index in [-0.39, 0.29) is 0 Å². The van der Waals surface area contributed by atoms with E-state index in [1.54, 1.807) is 6.92 Å². The highest BCUT2D eigenvalue weighted by Gasteiger charge is 2.33. The largest absolute Gasteiger partial charge is 0.389 e. The Kier molecular flexibility index (Phi) is 6.64. The zero-order chi connectivity index (χ0) is 11.1. The lowest BCUT2D eigenvalue weighted by Crippen LogP contribution is -2.37. The summed E-state index contributed by atoms with van der Waals surface area (Å²) in [7, 11) is 0. The zero-order valence-corrected chi connectivity index (χ0v) is 7.34. The highest BCUT2D eigenvalue weighted by molar-refractivity contribution is 4.68. The van der Waals surface area contributed by atoms with Crippen molar-refractivity contribution in [3.05, 3.63) is 20.2 Å². The van der Waals surface area contributed by atoms with Gasteiger partial charge in [-0.25, -0.2) is 0 Å². The summed E-state index contributed by atoms with van der Waals surface area (Å²) in [5.41, 5.74) is -1.14. The van der Waals surface area contributed by atoms with E-state index >= 15 is 0 Å². The van der Waals surface area contributed by atoms with Gasteiger partial charge in [0.05, 0.1) is 0 Å². The predicted octanol–water partition coefficient (Wildman–Crippen LogP) is 0.0764. The number of nitro groups is 1. The number of hydrogen-bond acceptors (Lipinski definition) is 5. The highest BCUT2D eigenvalue weighted by Crippen LogP contribution is 2.11. The summed E-state index contributed by atoms with van der Waals surface area (Å²) in [4.78, 5) is 18.0. The molecule has 0 aliphatic carbocycles. The van der Waals surface area contributed by atoms with Gasteiger partial charge in [0.2, 0.25) is 5.54 Å². The number of nitrogens with zero attached hydrogens (tertiary/aromatic N) is 2. The Balaban J connectivity index is 0. The lowest BCUT2D eigenvalue weighted by molar-refractivity contribution is -0.742. The van der Waals surface area contributed by atoms with Crippen LogP contribution in [-0.4, -0.2) is 32.5 Å². The molecule has 0 bridgehead atoms. The first-order chi connectivity index (χ1) is 5.80. The molecule has 78 valence electrons. The van der Waals surface area contributed by atoms with Gasteiger partial charge in [0, 0.05) is 18.3 Å². The number of aliphatic hydroxyl groups is 1. The Morgan fingerprint density at radius 3 is 1.69 bits per heavy atom. The fourth-order valence-corrected chi connectivity index (χ4v) is 0.299. The average Bonchev–Trinajstić information content (AvgIpc) is 2.01. The lowest BCUT2D eigenvalue weighted by atomic mass is 10.0. The molecule has 0 heterocycles. The molecule has 0 rings (SSSR count). The van der Waals surface area contributed by atoms with Crippen molar-refractivity contribution in [1.29, 1.82) is 0 Å². The van der Waals surface area contributed by atoms with Crippen LogP contribution in [0.3, 0.4) is 0 Å². The molecule has 0 aromatic rings. The van der Waals surface area contributed by atoms with E-state index < -0.39 is 22.2 Å². The van der Waals surface area contributed by atoms with Gasteiger partial charge in [-0.05, 0) is 0 Å². The minimum Gasteiger partial charge on any atom is -0.389 e. The minimum absolute atomic E-state index is 0.358. The van der Waals surface area contributed by atoms with Gasteiger partial charge in [-0.1, -0.05) is 6.92 Å². The summed E-state index contributed by atoms with van der Waals surface area (Å²) >= 11 is 0. The molecule has 0 saturated carbocycles. The van der Waals surface area contributed by atoms with Crippen molar-refractivity contribution in [1.82, 2.24) is 0 Å². The van der Waals surface area contributed by atoms with Crippen LogP contribution in [0.4, 0.5) is 0 Å². The Morgan fingerprint density at radius 1 is 1.38 bits per heavy atom. The summed E-state index contributed by atoms with van der Waals surface area (Å²) in [6, 6.07) is 0. The van der Waals surface area contributed by atoms with Crippen LogP contribution in [0.15, 0.2) is 0 Å². The van der Waals surface area contributed by atoms with E-state index in [9.17, 15) is 10.1 Å². The van der Waals surface area contributed by atoms with Crippen LogP contribution in [0.25, 0.3) is 0 Å². The molecule has 0 radical (unpaired) electrons. The quantitative estimate of drug-likeness (QED) is 0.485. The third-order valence-corrected chi connectivity index (χ3v) is 1.54. The third-order valence-electron chi connectivity index (χ3n) is 1.54. The molecular formula is C5H12N2O6. The van der Waals surface area contributed by atoms with Gasteiger partial charge in [-0.2, -0.15) is 0 Å². The summed E-state index contributed by atoms with van der Waals surface area (Å²) in [6.45, 7) is 2.71. The average molecular weight is 196 g/mol. The Bertz CT molecular complexity index is 174. The van der Waals surface area contributed by atoms with Gasteiger partial charge < -0.3 is 10.3 Å². The third kappa shape index (κ3) is 6.94. The topological polar surface area (TPSA) is 127 Å². The SMILES string of the molecule is CCC(C)(CO)[N+](=O)[O-].O=[N+]([O-])O. The number of aliphatic hydroxyl groups excluding tert-OH is 1. The van der Waals surface area contributed by atoms with E-state index in [0.29, 0.717) is 6.42 Å². The van der Waals surface area contributed by atoms with Crippen molar-refractivity contribution < 1.29 is 20.3 Å². The molecule has 0 spiro atoms. The molecule has 2 N–H and O–H groups in total. The zero-order valence-electron chi connectivity index (χ0n) is 7.34. The summed E-state index contributed by atoms with van der Waals surface area (Å²) in [6.07, 6.45) is 0.358. The fraction of sp³-hybridized carbons (Fsp3) is 1.00. The monoisotopic (exact) mass is 196 g/mol. The van der Waals surface area contributed by atoms with Crippen LogP contribution in [-0.2, 0) is 0 Å². The van der Waals surface area contributed by atoms with E-state index in [4.69, 9.17) is 20.4 Å². The minimum atomic E-state index is -1.50. The smallest absolute Gasteiger partial charge is 0.291 e. The first-order valence-corrected chi connectivity index (χ1v) is 3.38. The Labute approximate surface area is 74.1 Å². The van der Waals surface area contributed by atoms with E-state index in [2.05, 4.69) is 0 Å². The van der Waals surface area contributed by atoms with E-state index in [1.165, 1.54) is 6.92 Å². The molecule has 0 aromatic carbocycles. The van der Waals surface area contributed by atoms with Crippen LogP contribution in [0.1, 0.15) is 20.3 Å². The molecule has 1 unspecified atom stereocenters. The van der Waals surface area contributed by atoms with E-state index in [1.807, 2.05) is 0 Å². The second kappa shape index (κ2) is 6.12. The van der Waals surface area contributed by atoms with Gasteiger partial charge in [0.1, 0.15) is 6.61 Å². The molecule has 8 nitrogen and oxygen atoms in total. The Hall–Kier alpha value is -1.44. The molecule has 0 fully saturated rings. The molecule has 0 aliphatic rings. The maximum absolute atomic E-state index is 10.1. The van der Waals surface area contributed by atoms with Crippen molar-refractivity contribution in [2.75, 3.05) is 6.61 Å². The molecule has 0 aromatic heterocycles. The maximum Gasteiger partial charge on any atom is 0.291 e. The summed E-state index contributed by atoms with van der Waals surface area (Å²) in [5.74, 6) is 0. The lowest BCUT2D eigenvalue weighted by Gasteiger charge is -2.14. The molecule has 0 aliphatic heterocycles. The number of hydrogen-bond donors (Lipinski definition) is 2. The highest BCUT2D eigenvalue weighted by atomic mass is 16.9. The van der Waals surface area contributed by atoms with Gasteiger partial charge in [0.25, 0.3) is 5.09 Å². The second-order valence-corrected chi connectivity index (χ2v) is 2.50. The van der Waals surface area contributed by atoms with E-state index in [0.717, 1.165) is 0 Å². The normalized spacial score (nSPS) is 13.5. The summed E-state index contributed by atoms with van der Waals surface area (Å²) in [5, 5.41) is 32.3. The van der Waals surface area contributed by atoms with Crippen LogP contribution < -0.4 is 0 Å². The molecule has 8 heteroatoms. The maximum atomic E-state index is 10.1. The van der Waals surface area contributed by atoms with Crippen molar-refractivity contribution in [3.8, 4) is 0 Å². The summed E-state index contributed by atoms with van der Waals surface area (Å²) < 4.78 is 0. The predicted molar refractivity (Wildman–Crippen MR) is 41.6 cm³/mol. The molecule has 13 heavy (non-hydrogen) atoms. The van der Waals surface area contributed by atoms with Crippen LogP contribution in [0.2, 0.25) is 0 Å². The first kappa shape index (κ1) is 14.1. The van der Waals surface area contributed by atoms with Crippen molar-refractivity contribution in [2.45, 2.75) is 25.8 Å². The molecule has 0 saturated heterocycles. The van der Waals surface area contributed by atoms with Crippen molar-refractivity contribution in [3.63, 3.8) is 0 Å². The van der Waals surface area contributed by atoms with Crippen LogP contribution in [0.5, 0.6) is 0 Å². The van der Waals surface area contributed by atoms with Gasteiger partial charge >= 0.3 is 0 Å². The van der Waals surface area contributed by atoms with Crippen molar-refractivity contribution in [2.24, 2.45) is 0 Å². The van der Waals surface area contributed by atoms with Crippen LogP contribution in [0, 0.1) is 20.2 Å². The number of rotatable bonds is 3. The standard InChI is InChI=1S/C5H11NO3.HNO3/c1-3-5(2,4-7)6(8)9;2-1(3)4/h7H,3-4H2,1-2H3;(H,2,3,4). The second-order valence-electron chi connectivity index (χ2n) is 2.50.